The van der Waals surface area contributed by atoms with Crippen molar-refractivity contribution in [2.75, 3.05) is 0 Å². The summed E-state index contributed by atoms with van der Waals surface area (Å²) in [6, 6.07) is 0. The first-order chi connectivity index (χ1) is 7.47. The summed E-state index contributed by atoms with van der Waals surface area (Å²) in [5, 5.41) is 20.6. The van der Waals surface area contributed by atoms with Gasteiger partial charge in [-0.2, -0.15) is 0 Å². The van der Waals surface area contributed by atoms with Gasteiger partial charge in [-0.05, 0) is 49.5 Å². The van der Waals surface area contributed by atoms with Gasteiger partial charge in [0.25, 0.3) is 0 Å². The quantitative estimate of drug-likeness (QED) is 0.721. The Morgan fingerprint density at radius 2 is 1.94 bits per heavy atom. The van der Waals surface area contributed by atoms with Crippen molar-refractivity contribution in [2.24, 2.45) is 0 Å². The molecule has 0 fully saturated rings. The van der Waals surface area contributed by atoms with Crippen LogP contribution in [-0.2, 0) is 0 Å². The van der Waals surface area contributed by atoms with Crippen molar-refractivity contribution in [2.45, 2.75) is 65.1 Å². The van der Waals surface area contributed by atoms with E-state index >= 15 is 0 Å². The van der Waals surface area contributed by atoms with Crippen LogP contribution < -0.4 is 0 Å². The SMILES string of the molecule is CCCCC1(O)C(CC)=CC(O)C(C)=C1C. The average Bonchev–Trinajstić information content (AvgIpc) is 2.29. The first-order valence-corrected chi connectivity index (χ1v) is 6.26. The van der Waals surface area contributed by atoms with E-state index in [0.29, 0.717) is 0 Å². The maximum Gasteiger partial charge on any atom is 0.107 e. The molecule has 16 heavy (non-hydrogen) atoms. The Morgan fingerprint density at radius 3 is 2.44 bits per heavy atom. The molecule has 0 amide bonds. The summed E-state index contributed by atoms with van der Waals surface area (Å²) in [4.78, 5) is 0. The van der Waals surface area contributed by atoms with E-state index in [-0.39, 0.29) is 0 Å². The minimum absolute atomic E-state index is 0.517. The van der Waals surface area contributed by atoms with Crippen LogP contribution in [0.2, 0.25) is 0 Å². The van der Waals surface area contributed by atoms with Crippen LogP contribution in [0.15, 0.2) is 22.8 Å². The number of hydrogen-bond acceptors (Lipinski definition) is 2. The summed E-state index contributed by atoms with van der Waals surface area (Å²) in [6.07, 6.45) is 4.94. The lowest BCUT2D eigenvalue weighted by atomic mass is 9.74. The van der Waals surface area contributed by atoms with Crippen molar-refractivity contribution in [3.8, 4) is 0 Å². The van der Waals surface area contributed by atoms with Gasteiger partial charge in [-0.1, -0.05) is 26.7 Å². The second kappa shape index (κ2) is 5.15. The van der Waals surface area contributed by atoms with Gasteiger partial charge in [0.15, 0.2) is 0 Å². The Bertz CT molecular complexity index is 315. The van der Waals surface area contributed by atoms with E-state index in [0.717, 1.165) is 42.4 Å². The molecular formula is C14H24O2. The molecule has 0 saturated carbocycles. The Kier molecular flexibility index (Phi) is 4.34. The molecule has 0 heterocycles. The summed E-state index contributed by atoms with van der Waals surface area (Å²) < 4.78 is 0. The Morgan fingerprint density at radius 1 is 1.31 bits per heavy atom. The lowest BCUT2D eigenvalue weighted by Gasteiger charge is -2.37. The molecule has 2 atom stereocenters. The predicted molar refractivity (Wildman–Crippen MR) is 67.2 cm³/mol. The maximum absolute atomic E-state index is 10.8. The van der Waals surface area contributed by atoms with Crippen LogP contribution >= 0.6 is 0 Å². The molecule has 0 aromatic rings. The van der Waals surface area contributed by atoms with Crippen LogP contribution in [0, 0.1) is 0 Å². The van der Waals surface area contributed by atoms with Crippen LogP contribution in [0.25, 0.3) is 0 Å². The normalized spacial score (nSPS) is 30.6. The van der Waals surface area contributed by atoms with E-state index in [9.17, 15) is 10.2 Å². The summed E-state index contributed by atoms with van der Waals surface area (Å²) in [7, 11) is 0. The molecule has 2 heteroatoms. The van der Waals surface area contributed by atoms with Crippen LogP contribution in [0.5, 0.6) is 0 Å². The summed E-state index contributed by atoms with van der Waals surface area (Å²) >= 11 is 0. The number of unbranched alkanes of at least 4 members (excludes halogenated alkanes) is 1. The first kappa shape index (κ1) is 13.5. The van der Waals surface area contributed by atoms with Crippen molar-refractivity contribution in [1.82, 2.24) is 0 Å². The molecule has 92 valence electrons. The topological polar surface area (TPSA) is 40.5 Å². The molecular weight excluding hydrogens is 200 g/mol. The number of rotatable bonds is 4. The van der Waals surface area contributed by atoms with Gasteiger partial charge in [-0.25, -0.2) is 0 Å². The smallest absolute Gasteiger partial charge is 0.107 e. The second-order valence-corrected chi connectivity index (χ2v) is 4.76. The zero-order chi connectivity index (χ0) is 12.3. The zero-order valence-corrected chi connectivity index (χ0v) is 10.9. The minimum Gasteiger partial charge on any atom is -0.385 e. The maximum atomic E-state index is 10.8. The van der Waals surface area contributed by atoms with Crippen LogP contribution in [-0.4, -0.2) is 21.9 Å². The van der Waals surface area contributed by atoms with E-state index in [4.69, 9.17) is 0 Å². The van der Waals surface area contributed by atoms with Gasteiger partial charge in [0.1, 0.15) is 5.60 Å². The van der Waals surface area contributed by atoms with Crippen molar-refractivity contribution in [3.63, 3.8) is 0 Å². The van der Waals surface area contributed by atoms with Crippen LogP contribution in [0.1, 0.15) is 53.4 Å². The third-order valence-electron chi connectivity index (χ3n) is 3.82. The fourth-order valence-electron chi connectivity index (χ4n) is 2.43. The lowest BCUT2D eigenvalue weighted by molar-refractivity contribution is 0.0902. The van der Waals surface area contributed by atoms with Gasteiger partial charge in [0, 0.05) is 0 Å². The summed E-state index contributed by atoms with van der Waals surface area (Å²) in [6.45, 7) is 8.00. The number of aliphatic hydroxyl groups excluding tert-OH is 1. The number of aliphatic hydroxyl groups is 2. The highest BCUT2D eigenvalue weighted by Gasteiger charge is 2.37. The highest BCUT2D eigenvalue weighted by molar-refractivity contribution is 5.42. The molecule has 2 unspecified atom stereocenters. The standard InChI is InChI=1S/C14H24O2/c1-5-7-8-14(16)11(4)10(3)13(15)9-12(14)6-2/h9,13,15-16H,5-8H2,1-4H3. The second-order valence-electron chi connectivity index (χ2n) is 4.76. The Hall–Kier alpha value is -0.600. The fourth-order valence-corrected chi connectivity index (χ4v) is 2.43. The van der Waals surface area contributed by atoms with E-state index in [1.54, 1.807) is 0 Å². The summed E-state index contributed by atoms with van der Waals surface area (Å²) in [5.41, 5.74) is 1.99. The lowest BCUT2D eigenvalue weighted by Crippen LogP contribution is -2.38. The first-order valence-electron chi connectivity index (χ1n) is 6.26. The summed E-state index contributed by atoms with van der Waals surface area (Å²) in [5.74, 6) is 0. The van der Waals surface area contributed by atoms with E-state index in [1.807, 2.05) is 26.8 Å². The molecule has 0 aromatic carbocycles. The van der Waals surface area contributed by atoms with Crippen LogP contribution in [0.4, 0.5) is 0 Å². The largest absolute Gasteiger partial charge is 0.385 e. The van der Waals surface area contributed by atoms with E-state index in [2.05, 4.69) is 6.92 Å². The van der Waals surface area contributed by atoms with E-state index in [1.165, 1.54) is 0 Å². The molecule has 1 aliphatic carbocycles. The molecule has 0 radical (unpaired) electrons. The molecule has 0 bridgehead atoms. The van der Waals surface area contributed by atoms with Crippen molar-refractivity contribution in [1.29, 1.82) is 0 Å². The van der Waals surface area contributed by atoms with Crippen molar-refractivity contribution >= 4 is 0 Å². The molecule has 0 aromatic heterocycles. The van der Waals surface area contributed by atoms with Gasteiger partial charge in [-0.15, -0.1) is 0 Å². The van der Waals surface area contributed by atoms with Gasteiger partial charge < -0.3 is 10.2 Å². The molecule has 2 nitrogen and oxygen atoms in total. The molecule has 0 spiro atoms. The van der Waals surface area contributed by atoms with Gasteiger partial charge in [-0.3, -0.25) is 0 Å². The molecule has 2 N–H and O–H groups in total. The zero-order valence-electron chi connectivity index (χ0n) is 10.9. The van der Waals surface area contributed by atoms with Gasteiger partial charge in [0.2, 0.25) is 0 Å². The minimum atomic E-state index is -0.811. The monoisotopic (exact) mass is 224 g/mol. The number of hydrogen-bond donors (Lipinski definition) is 2. The fraction of sp³-hybridized carbons (Fsp3) is 0.714. The third kappa shape index (κ3) is 2.23. The Balaban J connectivity index is 3.06. The Labute approximate surface area is 98.7 Å². The van der Waals surface area contributed by atoms with Crippen molar-refractivity contribution < 1.29 is 10.2 Å². The average molecular weight is 224 g/mol. The molecule has 1 aliphatic rings. The van der Waals surface area contributed by atoms with Gasteiger partial charge >= 0.3 is 0 Å². The molecule has 1 rings (SSSR count). The molecule has 0 saturated heterocycles. The predicted octanol–water partition coefficient (Wildman–Crippen LogP) is 2.96. The van der Waals surface area contributed by atoms with Gasteiger partial charge in [0.05, 0.1) is 6.10 Å². The highest BCUT2D eigenvalue weighted by atomic mass is 16.3. The van der Waals surface area contributed by atoms with Crippen LogP contribution in [0.3, 0.4) is 0 Å². The third-order valence-corrected chi connectivity index (χ3v) is 3.82. The highest BCUT2D eigenvalue weighted by Crippen LogP contribution is 2.39. The molecule has 0 aliphatic heterocycles. The van der Waals surface area contributed by atoms with E-state index < -0.39 is 11.7 Å². The van der Waals surface area contributed by atoms with Crippen molar-refractivity contribution in [3.05, 3.63) is 22.8 Å².